The summed E-state index contributed by atoms with van der Waals surface area (Å²) in [5.74, 6) is -2.76. The molecule has 0 aromatic heterocycles. The molecule has 0 aliphatic rings. The average molecular weight is 355 g/mol. The van der Waals surface area contributed by atoms with E-state index in [1.165, 1.54) is 13.0 Å². The maximum atomic E-state index is 10.4. The van der Waals surface area contributed by atoms with E-state index in [2.05, 4.69) is 43.5 Å². The molecular weight excluding hydrogens is 330 g/mol. The smallest absolute Gasteiger partial charge is 0.338 e. The van der Waals surface area contributed by atoms with Crippen LogP contribution in [0.15, 0.2) is 50.1 Å². The Morgan fingerprint density at radius 3 is 1.76 bits per heavy atom. The summed E-state index contributed by atoms with van der Waals surface area (Å²) >= 11 is 0. The molecule has 0 atom stereocenters. The number of amides is 1. The highest BCUT2D eigenvalue weighted by Crippen LogP contribution is 1.84. The third-order valence-electron chi connectivity index (χ3n) is 1.86. The molecule has 0 bridgehead atoms. The number of nitrogens with one attached hydrogen (secondary N) is 1. The van der Waals surface area contributed by atoms with Crippen LogP contribution in [0.25, 0.3) is 0 Å². The zero-order chi connectivity index (χ0) is 20.3. The molecule has 0 saturated carbocycles. The van der Waals surface area contributed by atoms with Crippen LogP contribution in [0.4, 0.5) is 0 Å². The van der Waals surface area contributed by atoms with Gasteiger partial charge in [-0.1, -0.05) is 39.7 Å². The minimum Gasteiger partial charge on any atom is -0.478 e. The molecular formula is C17H25NO7. The number of hydrogen-bond donors (Lipinski definition) is 2. The highest BCUT2D eigenvalue weighted by Gasteiger charge is 1.99. The van der Waals surface area contributed by atoms with Gasteiger partial charge in [-0.15, -0.1) is 0 Å². The maximum absolute atomic E-state index is 10.4. The van der Waals surface area contributed by atoms with Crippen LogP contribution in [0.1, 0.15) is 26.7 Å². The third-order valence-corrected chi connectivity index (χ3v) is 1.86. The molecule has 0 unspecified atom stereocenters. The first kappa shape index (κ1) is 26.9. The molecule has 0 fully saturated rings. The van der Waals surface area contributed by atoms with Gasteiger partial charge in [0.15, 0.2) is 0 Å². The summed E-state index contributed by atoms with van der Waals surface area (Å²) in [5, 5.41) is 7.89. The lowest BCUT2D eigenvalue weighted by Crippen LogP contribution is -2.21. The van der Waals surface area contributed by atoms with Gasteiger partial charge < -0.3 is 9.84 Å². The van der Waals surface area contributed by atoms with E-state index in [1.807, 2.05) is 0 Å². The van der Waals surface area contributed by atoms with E-state index < -0.39 is 17.9 Å². The van der Waals surface area contributed by atoms with E-state index in [0.29, 0.717) is 6.61 Å². The third kappa shape index (κ3) is 26.2. The van der Waals surface area contributed by atoms with Crippen molar-refractivity contribution >= 4 is 23.8 Å². The molecule has 0 spiro atoms. The van der Waals surface area contributed by atoms with E-state index in [4.69, 9.17) is 9.94 Å². The summed E-state index contributed by atoms with van der Waals surface area (Å²) in [4.78, 5) is 45.1. The van der Waals surface area contributed by atoms with Crippen LogP contribution in [0.2, 0.25) is 0 Å². The van der Waals surface area contributed by atoms with Crippen LogP contribution in [0.3, 0.4) is 0 Å². The van der Waals surface area contributed by atoms with Crippen molar-refractivity contribution in [2.45, 2.75) is 26.7 Å². The number of aliphatic carboxylic acids is 1. The molecule has 8 nitrogen and oxygen atoms in total. The lowest BCUT2D eigenvalue weighted by atomic mass is 10.4. The van der Waals surface area contributed by atoms with Gasteiger partial charge in [-0.25, -0.2) is 19.9 Å². The number of unbranched alkanes of at least 4 members (excludes halogenated alkanes) is 1. The van der Waals surface area contributed by atoms with Crippen molar-refractivity contribution in [1.82, 2.24) is 5.48 Å². The number of carbonyl (C=O) groups excluding carboxylic acids is 3. The summed E-state index contributed by atoms with van der Waals surface area (Å²) in [5.41, 5.74) is 2.39. The number of hydroxylamine groups is 1. The molecule has 0 rings (SSSR count). The average Bonchev–Trinajstić information content (AvgIpc) is 2.59. The molecule has 0 aromatic carbocycles. The van der Waals surface area contributed by atoms with Crippen molar-refractivity contribution in [2.24, 2.45) is 0 Å². The van der Waals surface area contributed by atoms with Crippen molar-refractivity contribution < 1.29 is 33.9 Å². The van der Waals surface area contributed by atoms with Gasteiger partial charge in [-0.05, 0) is 19.4 Å². The number of carboxylic acid groups (broad SMARTS) is 1. The van der Waals surface area contributed by atoms with Gasteiger partial charge in [0.2, 0.25) is 0 Å². The monoisotopic (exact) mass is 355 g/mol. The molecule has 0 aromatic rings. The van der Waals surface area contributed by atoms with Crippen LogP contribution >= 0.6 is 0 Å². The molecule has 140 valence electrons. The summed E-state index contributed by atoms with van der Waals surface area (Å²) < 4.78 is 4.03. The Bertz CT molecular complexity index is 465. The van der Waals surface area contributed by atoms with E-state index in [-0.39, 0.29) is 11.5 Å². The first-order chi connectivity index (χ1) is 11.7. The Morgan fingerprint density at radius 2 is 1.48 bits per heavy atom. The second kappa shape index (κ2) is 19.0. The molecule has 0 saturated heterocycles. The predicted molar refractivity (Wildman–Crippen MR) is 93.1 cm³/mol. The lowest BCUT2D eigenvalue weighted by molar-refractivity contribution is -0.152. The Balaban J connectivity index is -0.000000300. The number of ether oxygens (including phenoxy) is 1. The van der Waals surface area contributed by atoms with Gasteiger partial charge in [-0.2, -0.15) is 0 Å². The lowest BCUT2D eigenvalue weighted by Gasteiger charge is -2.00. The molecule has 8 heteroatoms. The molecule has 0 aliphatic carbocycles. The minimum atomic E-state index is -0.935. The zero-order valence-corrected chi connectivity index (χ0v) is 14.6. The summed E-state index contributed by atoms with van der Waals surface area (Å²) in [6, 6.07) is 0. The van der Waals surface area contributed by atoms with Gasteiger partial charge in [0.1, 0.15) is 0 Å². The van der Waals surface area contributed by atoms with Gasteiger partial charge in [0, 0.05) is 17.7 Å². The Kier molecular flexibility index (Phi) is 20.5. The molecule has 0 radical (unpaired) electrons. The fourth-order valence-electron chi connectivity index (χ4n) is 0.563. The Labute approximate surface area is 147 Å². The second-order valence-electron chi connectivity index (χ2n) is 4.11. The Hall–Kier alpha value is -3.00. The summed E-state index contributed by atoms with van der Waals surface area (Å²) in [6.45, 7) is 16.7. The van der Waals surface area contributed by atoms with E-state index in [9.17, 15) is 19.2 Å². The van der Waals surface area contributed by atoms with Crippen molar-refractivity contribution in [3.63, 3.8) is 0 Å². The van der Waals surface area contributed by atoms with Gasteiger partial charge >= 0.3 is 17.9 Å². The first-order valence-corrected chi connectivity index (χ1v) is 7.09. The topological polar surface area (TPSA) is 119 Å². The predicted octanol–water partition coefficient (Wildman–Crippen LogP) is 2.10. The summed E-state index contributed by atoms with van der Waals surface area (Å²) in [7, 11) is 0. The second-order valence-corrected chi connectivity index (χ2v) is 4.11. The molecule has 0 aliphatic heterocycles. The molecule has 2 N–H and O–H groups in total. The number of rotatable bonds is 8. The maximum Gasteiger partial charge on any atom is 0.338 e. The summed E-state index contributed by atoms with van der Waals surface area (Å²) in [6.07, 6.45) is 5.00. The fourth-order valence-corrected chi connectivity index (χ4v) is 0.563. The Morgan fingerprint density at radius 1 is 1.04 bits per heavy atom. The highest BCUT2D eigenvalue weighted by atomic mass is 16.6. The van der Waals surface area contributed by atoms with Crippen molar-refractivity contribution in [2.75, 3.05) is 6.61 Å². The molecule has 25 heavy (non-hydrogen) atoms. The molecule has 0 heterocycles. The number of esters is 2. The van der Waals surface area contributed by atoms with Gasteiger partial charge in [0.05, 0.1) is 6.61 Å². The largest absolute Gasteiger partial charge is 0.478 e. The van der Waals surface area contributed by atoms with E-state index in [1.54, 1.807) is 0 Å². The van der Waals surface area contributed by atoms with E-state index in [0.717, 1.165) is 25.0 Å². The number of hydrogen-bond acceptors (Lipinski definition) is 6. The first-order valence-electron chi connectivity index (χ1n) is 7.09. The van der Waals surface area contributed by atoms with Crippen LogP contribution in [0.5, 0.6) is 0 Å². The van der Waals surface area contributed by atoms with Crippen LogP contribution in [-0.4, -0.2) is 35.5 Å². The van der Waals surface area contributed by atoms with Crippen LogP contribution in [-0.2, 0) is 28.8 Å². The quantitative estimate of drug-likeness (QED) is 0.225. The van der Waals surface area contributed by atoms with Gasteiger partial charge in [0.25, 0.3) is 5.91 Å². The normalized spacial score (nSPS) is 8.08. The molecule has 1 amide bonds. The zero-order valence-electron chi connectivity index (χ0n) is 14.6. The van der Waals surface area contributed by atoms with Gasteiger partial charge in [-0.3, -0.25) is 9.63 Å². The minimum absolute atomic E-state index is 0.176. The number of carbonyl (C=O) groups is 4. The highest BCUT2D eigenvalue weighted by molar-refractivity contribution is 5.95. The van der Waals surface area contributed by atoms with Crippen molar-refractivity contribution in [3.8, 4) is 0 Å². The van der Waals surface area contributed by atoms with Crippen LogP contribution in [0, 0.1) is 0 Å². The standard InChI is InChI=1S/C7H13NO2.C6H6O3.C4H6O2/c1-3-5-6-10-8-7(9)4-2;1-3-5(7)9-6(8)4-2;1-3(2)4(5)6/h4H,2-3,5-6H2,1H3,(H,8,9);3-4H,1-2H2;1H2,2H3,(H,5,6). The fraction of sp³-hybridized carbons (Fsp3) is 0.294. The van der Waals surface area contributed by atoms with Crippen LogP contribution < -0.4 is 5.48 Å². The van der Waals surface area contributed by atoms with Crippen molar-refractivity contribution in [1.29, 1.82) is 0 Å². The number of carboxylic acids is 1. The van der Waals surface area contributed by atoms with Crippen molar-refractivity contribution in [3.05, 3.63) is 50.1 Å². The SMILES string of the molecule is C=C(C)C(=O)O.C=CC(=O)NOCCCC.C=CC(=O)OC(=O)C=C. The van der Waals surface area contributed by atoms with E-state index >= 15 is 0 Å².